The van der Waals surface area contributed by atoms with Crippen molar-refractivity contribution in [3.05, 3.63) is 78.4 Å². The summed E-state index contributed by atoms with van der Waals surface area (Å²) in [5.74, 6) is 1.59. The van der Waals surface area contributed by atoms with E-state index in [1.807, 2.05) is 49.4 Å². The Morgan fingerprint density at radius 2 is 1.66 bits per heavy atom. The molecule has 0 radical (unpaired) electrons. The third kappa shape index (κ3) is 4.34. The topological polar surface area (TPSA) is 69.7 Å². The van der Waals surface area contributed by atoms with Gasteiger partial charge in [0.15, 0.2) is 11.5 Å². The molecule has 3 aromatic carbocycles. The maximum absolute atomic E-state index is 12.9. The zero-order chi connectivity index (χ0) is 22.5. The van der Waals surface area contributed by atoms with Crippen LogP contribution in [0.4, 0.5) is 5.69 Å². The fourth-order valence-corrected chi connectivity index (χ4v) is 3.49. The molecule has 6 nitrogen and oxygen atoms in total. The molecule has 4 rings (SSSR count). The minimum absolute atomic E-state index is 0.242. The molecule has 0 saturated carbocycles. The van der Waals surface area contributed by atoms with Crippen LogP contribution in [0.1, 0.15) is 17.3 Å². The van der Waals surface area contributed by atoms with Crippen molar-refractivity contribution in [3.8, 4) is 28.5 Å². The fraction of sp³-hybridized carbons (Fsp3) is 0.154. The first kappa shape index (κ1) is 21.2. The third-order valence-electron chi connectivity index (χ3n) is 5.04. The lowest BCUT2D eigenvalue weighted by Crippen LogP contribution is -2.12. The Morgan fingerprint density at radius 3 is 2.38 bits per heavy atom. The van der Waals surface area contributed by atoms with Crippen LogP contribution in [0, 0.1) is 0 Å². The van der Waals surface area contributed by atoms with Crippen LogP contribution in [0.5, 0.6) is 17.2 Å². The Kier molecular flexibility index (Phi) is 6.22. The van der Waals surface area contributed by atoms with Crippen molar-refractivity contribution >= 4 is 22.5 Å². The number of pyridine rings is 1. The Morgan fingerprint density at radius 1 is 0.875 bits per heavy atom. The van der Waals surface area contributed by atoms with Crippen LogP contribution in [0.3, 0.4) is 0 Å². The van der Waals surface area contributed by atoms with Crippen LogP contribution < -0.4 is 19.5 Å². The van der Waals surface area contributed by atoms with Crippen molar-refractivity contribution in [1.29, 1.82) is 0 Å². The molecule has 0 aliphatic rings. The van der Waals surface area contributed by atoms with E-state index in [4.69, 9.17) is 19.2 Å². The van der Waals surface area contributed by atoms with Crippen LogP contribution >= 0.6 is 0 Å². The van der Waals surface area contributed by atoms with Crippen molar-refractivity contribution in [2.75, 3.05) is 26.1 Å². The highest BCUT2D eigenvalue weighted by Crippen LogP contribution is 2.32. The van der Waals surface area contributed by atoms with Gasteiger partial charge in [0.05, 0.1) is 32.0 Å². The van der Waals surface area contributed by atoms with Crippen LogP contribution in [-0.4, -0.2) is 31.7 Å². The van der Waals surface area contributed by atoms with Gasteiger partial charge in [0.1, 0.15) is 5.75 Å². The van der Waals surface area contributed by atoms with Gasteiger partial charge in [-0.25, -0.2) is 4.98 Å². The molecule has 1 N–H and O–H groups in total. The molecule has 0 saturated heterocycles. The summed E-state index contributed by atoms with van der Waals surface area (Å²) in [5.41, 5.74) is 3.70. The van der Waals surface area contributed by atoms with Gasteiger partial charge < -0.3 is 19.5 Å². The maximum atomic E-state index is 12.9. The number of ether oxygens (including phenoxy) is 3. The van der Waals surface area contributed by atoms with E-state index in [0.717, 1.165) is 22.2 Å². The Labute approximate surface area is 186 Å². The van der Waals surface area contributed by atoms with Gasteiger partial charge in [0, 0.05) is 34.3 Å². The van der Waals surface area contributed by atoms with E-state index in [-0.39, 0.29) is 5.91 Å². The largest absolute Gasteiger partial charge is 0.493 e. The second-order valence-electron chi connectivity index (χ2n) is 7.06. The summed E-state index contributed by atoms with van der Waals surface area (Å²) in [7, 11) is 3.12. The summed E-state index contributed by atoms with van der Waals surface area (Å²) in [5, 5.41) is 3.69. The van der Waals surface area contributed by atoms with Gasteiger partial charge in [0.25, 0.3) is 5.91 Å². The number of anilines is 1. The molecule has 6 heteroatoms. The number of methoxy groups -OCH3 is 2. The molecule has 0 unspecified atom stereocenters. The van der Waals surface area contributed by atoms with Crippen molar-refractivity contribution in [2.45, 2.75) is 6.92 Å². The third-order valence-corrected chi connectivity index (χ3v) is 5.04. The molecular formula is C26H24N2O4. The first-order valence-electron chi connectivity index (χ1n) is 10.3. The monoisotopic (exact) mass is 428 g/mol. The highest BCUT2D eigenvalue weighted by molar-refractivity contribution is 6.07. The summed E-state index contributed by atoms with van der Waals surface area (Å²) in [4.78, 5) is 17.7. The van der Waals surface area contributed by atoms with E-state index >= 15 is 0 Å². The number of carbonyl (C=O) groups excluding carboxylic acids is 1. The molecule has 4 aromatic rings. The van der Waals surface area contributed by atoms with Crippen LogP contribution in [0.25, 0.3) is 22.2 Å². The van der Waals surface area contributed by atoms with Gasteiger partial charge in [0.2, 0.25) is 0 Å². The summed E-state index contributed by atoms with van der Waals surface area (Å²) >= 11 is 0. The number of nitrogens with zero attached hydrogens (tertiary/aromatic N) is 1. The zero-order valence-electron chi connectivity index (χ0n) is 18.2. The first-order chi connectivity index (χ1) is 15.6. The Bertz CT molecular complexity index is 1260. The van der Waals surface area contributed by atoms with E-state index in [0.29, 0.717) is 35.1 Å². The minimum atomic E-state index is -0.242. The predicted octanol–water partition coefficient (Wildman–Crippen LogP) is 5.57. The molecule has 0 bridgehead atoms. The number of aromatic nitrogens is 1. The van der Waals surface area contributed by atoms with Crippen LogP contribution in [0.15, 0.2) is 72.8 Å². The summed E-state index contributed by atoms with van der Waals surface area (Å²) in [6.07, 6.45) is 0. The van der Waals surface area contributed by atoms with Crippen molar-refractivity contribution in [1.82, 2.24) is 4.98 Å². The summed E-state index contributed by atoms with van der Waals surface area (Å²) in [6, 6.07) is 22.5. The lowest BCUT2D eigenvalue weighted by molar-refractivity contribution is 0.102. The van der Waals surface area contributed by atoms with Crippen molar-refractivity contribution in [3.63, 3.8) is 0 Å². The number of benzene rings is 3. The van der Waals surface area contributed by atoms with Gasteiger partial charge in [-0.1, -0.05) is 30.3 Å². The normalized spacial score (nSPS) is 10.6. The first-order valence-corrected chi connectivity index (χ1v) is 10.3. The lowest BCUT2D eigenvalue weighted by atomic mass is 10.1. The summed E-state index contributed by atoms with van der Waals surface area (Å²) < 4.78 is 16.4. The Hall–Kier alpha value is -4.06. The number of amides is 1. The smallest absolute Gasteiger partial charge is 0.255 e. The molecule has 162 valence electrons. The Balaban J connectivity index is 1.68. The lowest BCUT2D eigenvalue weighted by Gasteiger charge is -2.13. The standard InChI is InChI=1S/C26H24N2O4/c1-4-32-24-16-22(17-8-6-5-7-9-17)28-21-12-10-18(14-20(21)24)26(29)27-19-11-13-23(30-2)25(15-19)31-3/h5-16H,4H2,1-3H3,(H,27,29). The van der Waals surface area contributed by atoms with Gasteiger partial charge >= 0.3 is 0 Å². The number of hydrogen-bond donors (Lipinski definition) is 1. The van der Waals surface area contributed by atoms with E-state index < -0.39 is 0 Å². The van der Waals surface area contributed by atoms with Crippen molar-refractivity contribution < 1.29 is 19.0 Å². The highest BCUT2D eigenvalue weighted by atomic mass is 16.5. The zero-order valence-corrected chi connectivity index (χ0v) is 18.2. The van der Waals surface area contributed by atoms with Gasteiger partial charge in [-0.2, -0.15) is 0 Å². The van der Waals surface area contributed by atoms with Crippen molar-refractivity contribution in [2.24, 2.45) is 0 Å². The molecular weight excluding hydrogens is 404 g/mol. The highest BCUT2D eigenvalue weighted by Gasteiger charge is 2.14. The number of rotatable bonds is 7. The SMILES string of the molecule is CCOc1cc(-c2ccccc2)nc2ccc(C(=O)Nc3ccc(OC)c(OC)c3)cc12. The molecule has 0 aliphatic heterocycles. The molecule has 0 atom stereocenters. The number of nitrogens with one attached hydrogen (secondary N) is 1. The molecule has 1 heterocycles. The second-order valence-corrected chi connectivity index (χ2v) is 7.06. The molecule has 1 aromatic heterocycles. The molecule has 1 amide bonds. The molecule has 0 spiro atoms. The quantitative estimate of drug-likeness (QED) is 0.417. The molecule has 32 heavy (non-hydrogen) atoms. The van der Waals surface area contributed by atoms with Crippen LogP contribution in [0.2, 0.25) is 0 Å². The second kappa shape index (κ2) is 9.39. The van der Waals surface area contributed by atoms with Gasteiger partial charge in [-0.05, 0) is 37.3 Å². The van der Waals surface area contributed by atoms with E-state index in [1.165, 1.54) is 0 Å². The average Bonchev–Trinajstić information content (AvgIpc) is 2.84. The van der Waals surface area contributed by atoms with E-state index in [2.05, 4.69) is 5.32 Å². The predicted molar refractivity (Wildman–Crippen MR) is 126 cm³/mol. The number of hydrogen-bond acceptors (Lipinski definition) is 5. The van der Waals surface area contributed by atoms with Gasteiger partial charge in [-0.3, -0.25) is 4.79 Å². The average molecular weight is 428 g/mol. The number of fused-ring (bicyclic) bond motifs is 1. The van der Waals surface area contributed by atoms with E-state index in [9.17, 15) is 4.79 Å². The van der Waals surface area contributed by atoms with Gasteiger partial charge in [-0.15, -0.1) is 0 Å². The summed E-state index contributed by atoms with van der Waals surface area (Å²) in [6.45, 7) is 2.44. The maximum Gasteiger partial charge on any atom is 0.255 e. The fourth-order valence-electron chi connectivity index (χ4n) is 3.49. The van der Waals surface area contributed by atoms with Crippen LogP contribution in [-0.2, 0) is 0 Å². The number of carbonyl (C=O) groups is 1. The van der Waals surface area contributed by atoms with E-state index in [1.54, 1.807) is 44.6 Å². The molecule has 0 aliphatic carbocycles. The minimum Gasteiger partial charge on any atom is -0.493 e. The molecule has 0 fully saturated rings.